The summed E-state index contributed by atoms with van der Waals surface area (Å²) in [6.45, 7) is 0.140. The molecule has 0 aromatic heterocycles. The summed E-state index contributed by atoms with van der Waals surface area (Å²) < 4.78 is 9.86. The average Bonchev–Trinajstić information content (AvgIpc) is 2.27. The van der Waals surface area contributed by atoms with Gasteiger partial charge in [-0.05, 0) is 0 Å². The molecule has 84 valence electrons. The van der Waals surface area contributed by atoms with E-state index in [-0.39, 0.29) is 25.9 Å². The molecule has 0 saturated carbocycles. The standard InChI is InChI=1S/C8H16O6/c9-1-6(10)8(12)7(11)5-2-13-4-14-3-5/h5-12H,1-4H2. The minimum Gasteiger partial charge on any atom is -0.394 e. The maximum Gasteiger partial charge on any atom is 0.146 e. The number of rotatable bonds is 4. The molecular formula is C8H16O6. The van der Waals surface area contributed by atoms with Gasteiger partial charge in [-0.25, -0.2) is 0 Å². The first-order chi connectivity index (χ1) is 6.66. The van der Waals surface area contributed by atoms with Gasteiger partial charge in [0.25, 0.3) is 0 Å². The van der Waals surface area contributed by atoms with Gasteiger partial charge in [-0.15, -0.1) is 0 Å². The summed E-state index contributed by atoms with van der Waals surface area (Å²) in [5.74, 6) is -0.375. The lowest BCUT2D eigenvalue weighted by atomic mass is 9.96. The minimum atomic E-state index is -1.38. The van der Waals surface area contributed by atoms with Gasteiger partial charge in [-0.3, -0.25) is 0 Å². The van der Waals surface area contributed by atoms with Gasteiger partial charge < -0.3 is 29.9 Å². The lowest BCUT2D eigenvalue weighted by molar-refractivity contribution is -0.175. The zero-order valence-corrected chi connectivity index (χ0v) is 7.74. The molecule has 0 aromatic rings. The molecule has 1 fully saturated rings. The molecule has 0 bridgehead atoms. The van der Waals surface area contributed by atoms with Crippen LogP contribution in [0.1, 0.15) is 0 Å². The van der Waals surface area contributed by atoms with Gasteiger partial charge in [0.1, 0.15) is 19.0 Å². The fourth-order valence-corrected chi connectivity index (χ4v) is 1.32. The molecule has 6 heteroatoms. The molecule has 1 saturated heterocycles. The van der Waals surface area contributed by atoms with Crippen LogP contribution in [0.5, 0.6) is 0 Å². The van der Waals surface area contributed by atoms with Crippen molar-refractivity contribution in [3.05, 3.63) is 0 Å². The third-order valence-corrected chi connectivity index (χ3v) is 2.24. The summed E-state index contributed by atoms with van der Waals surface area (Å²) in [6, 6.07) is 0. The molecule has 1 aliphatic heterocycles. The Morgan fingerprint density at radius 3 is 2.21 bits per heavy atom. The molecule has 1 rings (SSSR count). The lowest BCUT2D eigenvalue weighted by Gasteiger charge is -2.31. The Labute approximate surface area is 81.7 Å². The van der Waals surface area contributed by atoms with E-state index in [4.69, 9.17) is 19.7 Å². The highest BCUT2D eigenvalue weighted by Crippen LogP contribution is 2.15. The molecule has 0 radical (unpaired) electrons. The highest BCUT2D eigenvalue weighted by atomic mass is 16.7. The Kier molecular flexibility index (Phi) is 4.73. The van der Waals surface area contributed by atoms with Crippen molar-refractivity contribution in [1.29, 1.82) is 0 Å². The predicted octanol–water partition coefficient (Wildman–Crippen LogP) is -2.32. The van der Waals surface area contributed by atoms with Crippen molar-refractivity contribution < 1.29 is 29.9 Å². The average molecular weight is 208 g/mol. The van der Waals surface area contributed by atoms with E-state index < -0.39 is 24.9 Å². The molecule has 0 aliphatic carbocycles. The van der Waals surface area contributed by atoms with Crippen molar-refractivity contribution in [3.8, 4) is 0 Å². The van der Waals surface area contributed by atoms with Gasteiger partial charge in [-0.2, -0.15) is 0 Å². The van der Waals surface area contributed by atoms with E-state index in [1.54, 1.807) is 0 Å². The van der Waals surface area contributed by atoms with E-state index in [0.29, 0.717) is 0 Å². The van der Waals surface area contributed by atoms with E-state index >= 15 is 0 Å². The van der Waals surface area contributed by atoms with Crippen LogP contribution in [0.3, 0.4) is 0 Å². The largest absolute Gasteiger partial charge is 0.394 e. The van der Waals surface area contributed by atoms with E-state index in [0.717, 1.165) is 0 Å². The highest BCUT2D eigenvalue weighted by Gasteiger charge is 2.32. The number of ether oxygens (including phenoxy) is 2. The molecular weight excluding hydrogens is 192 g/mol. The van der Waals surface area contributed by atoms with Crippen molar-refractivity contribution in [2.45, 2.75) is 18.3 Å². The van der Waals surface area contributed by atoms with Crippen LogP contribution in [0.4, 0.5) is 0 Å². The number of aliphatic hydroxyl groups is 4. The second kappa shape index (κ2) is 5.59. The highest BCUT2D eigenvalue weighted by molar-refractivity contribution is 4.81. The van der Waals surface area contributed by atoms with Crippen molar-refractivity contribution in [3.63, 3.8) is 0 Å². The lowest BCUT2D eigenvalue weighted by Crippen LogP contribution is -2.47. The quantitative estimate of drug-likeness (QED) is 0.414. The number of hydrogen-bond acceptors (Lipinski definition) is 6. The van der Waals surface area contributed by atoms with Crippen LogP contribution in [0.2, 0.25) is 0 Å². The van der Waals surface area contributed by atoms with E-state index in [1.165, 1.54) is 0 Å². The third kappa shape index (κ3) is 2.88. The van der Waals surface area contributed by atoms with Crippen LogP contribution in [0.15, 0.2) is 0 Å². The van der Waals surface area contributed by atoms with Gasteiger partial charge >= 0.3 is 0 Å². The molecule has 1 heterocycles. The topological polar surface area (TPSA) is 99.4 Å². The van der Waals surface area contributed by atoms with Gasteiger partial charge in [-0.1, -0.05) is 0 Å². The Balaban J connectivity index is 2.41. The number of hydrogen-bond donors (Lipinski definition) is 4. The van der Waals surface area contributed by atoms with Crippen molar-refractivity contribution in [1.82, 2.24) is 0 Å². The first kappa shape index (κ1) is 11.8. The fourth-order valence-electron chi connectivity index (χ4n) is 1.32. The second-order valence-electron chi connectivity index (χ2n) is 3.35. The van der Waals surface area contributed by atoms with Crippen molar-refractivity contribution >= 4 is 0 Å². The van der Waals surface area contributed by atoms with Crippen LogP contribution < -0.4 is 0 Å². The Bertz CT molecular complexity index is 156. The summed E-state index contributed by atoms with van der Waals surface area (Å²) in [5.41, 5.74) is 0. The Hall–Kier alpha value is -0.240. The molecule has 0 aromatic carbocycles. The maximum absolute atomic E-state index is 9.56. The number of aliphatic hydroxyl groups excluding tert-OH is 4. The molecule has 0 spiro atoms. The van der Waals surface area contributed by atoms with Crippen LogP contribution in [0, 0.1) is 5.92 Å². The second-order valence-corrected chi connectivity index (χ2v) is 3.35. The fraction of sp³-hybridized carbons (Fsp3) is 1.00. The zero-order valence-electron chi connectivity index (χ0n) is 7.74. The van der Waals surface area contributed by atoms with E-state index in [9.17, 15) is 10.2 Å². The first-order valence-electron chi connectivity index (χ1n) is 4.47. The van der Waals surface area contributed by atoms with Crippen molar-refractivity contribution in [2.24, 2.45) is 5.92 Å². The summed E-state index contributed by atoms with van der Waals surface area (Å²) in [6.07, 6.45) is -3.88. The monoisotopic (exact) mass is 208 g/mol. The first-order valence-corrected chi connectivity index (χ1v) is 4.47. The van der Waals surface area contributed by atoms with Crippen LogP contribution >= 0.6 is 0 Å². The minimum absolute atomic E-state index is 0.182. The SMILES string of the molecule is OCC(O)C(O)C(O)C1COCOC1. The third-order valence-electron chi connectivity index (χ3n) is 2.24. The van der Waals surface area contributed by atoms with Crippen LogP contribution in [-0.4, -0.2) is 65.4 Å². The summed E-state index contributed by atoms with van der Waals surface area (Å²) >= 11 is 0. The van der Waals surface area contributed by atoms with Gasteiger partial charge in [0.2, 0.25) is 0 Å². The van der Waals surface area contributed by atoms with Gasteiger partial charge in [0.05, 0.1) is 25.9 Å². The molecule has 0 amide bonds. The molecule has 1 aliphatic rings. The zero-order chi connectivity index (χ0) is 10.6. The van der Waals surface area contributed by atoms with E-state index in [2.05, 4.69) is 0 Å². The molecule has 3 unspecified atom stereocenters. The molecule has 6 nitrogen and oxygen atoms in total. The molecule has 4 N–H and O–H groups in total. The summed E-state index contributed by atoms with van der Waals surface area (Å²) in [4.78, 5) is 0. The smallest absolute Gasteiger partial charge is 0.146 e. The maximum atomic E-state index is 9.56. The Morgan fingerprint density at radius 2 is 1.71 bits per heavy atom. The van der Waals surface area contributed by atoms with Crippen LogP contribution in [0.25, 0.3) is 0 Å². The van der Waals surface area contributed by atoms with Crippen LogP contribution in [-0.2, 0) is 9.47 Å². The van der Waals surface area contributed by atoms with Gasteiger partial charge in [0.15, 0.2) is 0 Å². The van der Waals surface area contributed by atoms with Gasteiger partial charge in [0, 0.05) is 5.92 Å². The summed E-state index contributed by atoms with van der Waals surface area (Å²) in [5, 5.41) is 36.6. The summed E-state index contributed by atoms with van der Waals surface area (Å²) in [7, 11) is 0. The Morgan fingerprint density at radius 1 is 1.14 bits per heavy atom. The predicted molar refractivity (Wildman–Crippen MR) is 45.4 cm³/mol. The molecule has 3 atom stereocenters. The van der Waals surface area contributed by atoms with Crippen molar-refractivity contribution in [2.75, 3.05) is 26.6 Å². The molecule has 14 heavy (non-hydrogen) atoms. The normalized spacial score (nSPS) is 25.7. The van der Waals surface area contributed by atoms with E-state index in [1.807, 2.05) is 0 Å².